The van der Waals surface area contributed by atoms with E-state index in [0.717, 1.165) is 10.8 Å². The maximum Gasteiger partial charge on any atom is 0.112 e. The van der Waals surface area contributed by atoms with Crippen LogP contribution < -0.4 is 10.4 Å². The van der Waals surface area contributed by atoms with Crippen molar-refractivity contribution in [3.05, 3.63) is 58.5 Å². The van der Waals surface area contributed by atoms with Crippen molar-refractivity contribution in [2.24, 2.45) is 0 Å². The van der Waals surface area contributed by atoms with E-state index in [0.29, 0.717) is 6.61 Å². The van der Waals surface area contributed by atoms with Crippen molar-refractivity contribution < 1.29 is 4.74 Å². The summed E-state index contributed by atoms with van der Waals surface area (Å²) >= 11 is 0. The van der Waals surface area contributed by atoms with Crippen LogP contribution in [0.3, 0.4) is 0 Å². The Labute approximate surface area is 105 Å². The number of hydrogen-bond donors (Lipinski definition) is 0. The Morgan fingerprint density at radius 2 is 1.83 bits per heavy atom. The third-order valence-electron chi connectivity index (χ3n) is 3.70. The summed E-state index contributed by atoms with van der Waals surface area (Å²) in [7, 11) is 0. The van der Waals surface area contributed by atoms with Crippen molar-refractivity contribution in [2.75, 3.05) is 6.61 Å². The van der Waals surface area contributed by atoms with Gasteiger partial charge in [-0.15, -0.1) is 0 Å². The molecule has 0 fully saturated rings. The molecular formula is C17H12O. The van der Waals surface area contributed by atoms with Gasteiger partial charge in [-0.05, 0) is 32.7 Å². The van der Waals surface area contributed by atoms with Crippen LogP contribution in [0.2, 0.25) is 0 Å². The van der Waals surface area contributed by atoms with Crippen LogP contribution in [0.1, 0.15) is 11.1 Å². The van der Waals surface area contributed by atoms with Crippen molar-refractivity contribution in [1.29, 1.82) is 0 Å². The van der Waals surface area contributed by atoms with E-state index in [2.05, 4.69) is 49.1 Å². The molecule has 0 spiro atoms. The fourth-order valence-corrected chi connectivity index (χ4v) is 2.79. The molecule has 86 valence electrons. The van der Waals surface area contributed by atoms with Crippen molar-refractivity contribution >= 4 is 34.8 Å². The smallest absolute Gasteiger partial charge is 0.112 e. The topological polar surface area (TPSA) is 9.23 Å². The highest BCUT2D eigenvalue weighted by atomic mass is 16.5. The lowest BCUT2D eigenvalue weighted by molar-refractivity contribution is 0.341. The molecule has 1 nitrogen and oxygen atoms in total. The van der Waals surface area contributed by atoms with Crippen LogP contribution >= 0.6 is 0 Å². The largest absolute Gasteiger partial charge is 0.496 e. The summed E-state index contributed by atoms with van der Waals surface area (Å²) in [6.07, 6.45) is 8.28. The highest BCUT2D eigenvalue weighted by Crippen LogP contribution is 2.18. The third-order valence-corrected chi connectivity index (χ3v) is 3.70. The molecule has 1 heteroatoms. The van der Waals surface area contributed by atoms with Crippen LogP contribution in [-0.4, -0.2) is 6.61 Å². The molecule has 0 N–H and O–H groups in total. The lowest BCUT2D eigenvalue weighted by Gasteiger charge is -2.15. The highest BCUT2D eigenvalue weighted by molar-refractivity contribution is 5.92. The molecular weight excluding hydrogens is 220 g/mol. The van der Waals surface area contributed by atoms with E-state index in [4.69, 9.17) is 4.74 Å². The second kappa shape index (κ2) is 3.36. The van der Waals surface area contributed by atoms with E-state index < -0.39 is 0 Å². The maximum absolute atomic E-state index is 5.49. The first-order valence-electron chi connectivity index (χ1n) is 6.09. The Morgan fingerprint density at radius 3 is 2.78 bits per heavy atom. The minimum Gasteiger partial charge on any atom is -0.496 e. The van der Waals surface area contributed by atoms with Crippen molar-refractivity contribution in [1.82, 2.24) is 0 Å². The third kappa shape index (κ3) is 1.16. The maximum atomic E-state index is 5.49. The average Bonchev–Trinajstić information content (AvgIpc) is 2.87. The Morgan fingerprint density at radius 1 is 1.00 bits per heavy atom. The molecule has 0 atom stereocenters. The summed E-state index contributed by atoms with van der Waals surface area (Å²) < 4.78 is 5.49. The molecule has 2 aromatic rings. The standard InChI is InChI=1S/C17H12O/c1-11-9-18-10-17-13(11)7-8-15-14-4-2-3-12(14)5-6-16(15)17/h2-8,10H,1,9H2. The lowest BCUT2D eigenvalue weighted by atomic mass is 9.96. The van der Waals surface area contributed by atoms with Crippen LogP contribution in [0.4, 0.5) is 0 Å². The zero-order chi connectivity index (χ0) is 12.1. The first-order valence-corrected chi connectivity index (χ1v) is 6.09. The van der Waals surface area contributed by atoms with Crippen LogP contribution in [0.15, 0.2) is 36.9 Å². The van der Waals surface area contributed by atoms with Gasteiger partial charge in [0.2, 0.25) is 0 Å². The summed E-state index contributed by atoms with van der Waals surface area (Å²) in [6, 6.07) is 8.70. The second-order valence-corrected chi connectivity index (χ2v) is 4.75. The number of rotatable bonds is 0. The molecule has 4 rings (SSSR count). The van der Waals surface area contributed by atoms with Gasteiger partial charge in [0.1, 0.15) is 6.61 Å². The summed E-state index contributed by atoms with van der Waals surface area (Å²) in [5.41, 5.74) is 3.55. The van der Waals surface area contributed by atoms with Crippen LogP contribution in [-0.2, 0) is 4.74 Å². The zero-order valence-electron chi connectivity index (χ0n) is 9.94. The van der Waals surface area contributed by atoms with E-state index in [1.165, 1.54) is 27.1 Å². The Kier molecular flexibility index (Phi) is 1.81. The molecule has 0 saturated heterocycles. The van der Waals surface area contributed by atoms with Gasteiger partial charge in [0.05, 0.1) is 6.26 Å². The predicted octanol–water partition coefficient (Wildman–Crippen LogP) is 2.43. The molecule has 0 amide bonds. The highest BCUT2D eigenvalue weighted by Gasteiger charge is 2.11. The van der Waals surface area contributed by atoms with Gasteiger partial charge in [0, 0.05) is 5.22 Å². The number of fused-ring (bicyclic) bond motifs is 5. The van der Waals surface area contributed by atoms with E-state index in [-0.39, 0.29) is 0 Å². The van der Waals surface area contributed by atoms with Crippen LogP contribution in [0.25, 0.3) is 34.8 Å². The lowest BCUT2D eigenvalue weighted by Crippen LogP contribution is -2.19. The fraction of sp³-hybridized carbons (Fsp3) is 0.0588. The Hall–Kier alpha value is -2.28. The quantitative estimate of drug-likeness (QED) is 0.678. The molecule has 1 aliphatic carbocycles. The SMILES string of the molecule is C=C1COC=c2c1ccc1c3c(ccc21)C=CC=3. The Bertz CT molecular complexity index is 838. The summed E-state index contributed by atoms with van der Waals surface area (Å²) in [6.45, 7) is 4.66. The van der Waals surface area contributed by atoms with Crippen LogP contribution in [0, 0.1) is 0 Å². The fourth-order valence-electron chi connectivity index (χ4n) is 2.79. The van der Waals surface area contributed by atoms with Crippen molar-refractivity contribution in [3.63, 3.8) is 0 Å². The number of benzene rings is 2. The molecule has 1 heterocycles. The summed E-state index contributed by atoms with van der Waals surface area (Å²) in [5.74, 6) is 0. The van der Waals surface area contributed by atoms with Gasteiger partial charge < -0.3 is 4.74 Å². The summed E-state index contributed by atoms with van der Waals surface area (Å²) in [4.78, 5) is 0. The Balaban J connectivity index is 2.23. The zero-order valence-corrected chi connectivity index (χ0v) is 9.94. The van der Waals surface area contributed by atoms with E-state index in [1.54, 1.807) is 0 Å². The predicted molar refractivity (Wildman–Crippen MR) is 76.1 cm³/mol. The minimum atomic E-state index is 0.594. The minimum absolute atomic E-state index is 0.594. The first-order chi connectivity index (χ1) is 8.84. The molecule has 0 radical (unpaired) electrons. The van der Waals surface area contributed by atoms with Gasteiger partial charge in [0.15, 0.2) is 0 Å². The van der Waals surface area contributed by atoms with Gasteiger partial charge in [-0.3, -0.25) is 0 Å². The molecule has 0 unspecified atom stereocenters. The van der Waals surface area contributed by atoms with E-state index in [9.17, 15) is 0 Å². The molecule has 2 aliphatic rings. The van der Waals surface area contributed by atoms with Gasteiger partial charge in [-0.2, -0.15) is 0 Å². The molecule has 18 heavy (non-hydrogen) atoms. The monoisotopic (exact) mass is 232 g/mol. The van der Waals surface area contributed by atoms with Crippen molar-refractivity contribution in [2.45, 2.75) is 0 Å². The molecule has 2 aromatic carbocycles. The normalized spacial score (nSPS) is 15.7. The van der Waals surface area contributed by atoms with Crippen LogP contribution in [0.5, 0.6) is 0 Å². The van der Waals surface area contributed by atoms with Crippen molar-refractivity contribution in [3.8, 4) is 0 Å². The molecule has 0 saturated carbocycles. The van der Waals surface area contributed by atoms with Gasteiger partial charge in [-0.25, -0.2) is 0 Å². The first kappa shape index (κ1) is 9.72. The number of ether oxygens (including phenoxy) is 1. The van der Waals surface area contributed by atoms with E-state index in [1.807, 2.05) is 6.26 Å². The second-order valence-electron chi connectivity index (χ2n) is 4.75. The van der Waals surface area contributed by atoms with Gasteiger partial charge >= 0.3 is 0 Å². The number of allylic oxidation sites excluding steroid dienone is 1. The molecule has 1 aliphatic heterocycles. The molecule has 0 bridgehead atoms. The molecule has 0 aromatic heterocycles. The summed E-state index contributed by atoms with van der Waals surface area (Å²) in [5, 5.41) is 4.99. The van der Waals surface area contributed by atoms with Gasteiger partial charge in [-0.1, -0.05) is 49.1 Å². The van der Waals surface area contributed by atoms with Gasteiger partial charge in [0.25, 0.3) is 0 Å². The average molecular weight is 232 g/mol. The number of hydrogen-bond acceptors (Lipinski definition) is 1. The van der Waals surface area contributed by atoms with E-state index >= 15 is 0 Å².